The molecule has 17 heavy (non-hydrogen) atoms. The predicted octanol–water partition coefficient (Wildman–Crippen LogP) is 1.79. The van der Waals surface area contributed by atoms with Crippen molar-refractivity contribution >= 4 is 23.1 Å². The number of halogens is 1. The molecule has 0 spiro atoms. The molecule has 0 atom stereocenters. The highest BCUT2D eigenvalue weighted by Gasteiger charge is 2.17. The molecule has 0 aliphatic carbocycles. The zero-order valence-corrected chi connectivity index (χ0v) is 11.2. The van der Waals surface area contributed by atoms with Crippen LogP contribution < -0.4 is 9.92 Å². The molecule has 0 unspecified atom stereocenters. The smallest absolute Gasteiger partial charge is 0.358 e. The molecule has 0 radical (unpaired) electrons. The van der Waals surface area contributed by atoms with E-state index in [9.17, 15) is 12.3 Å². The molecular formula is C10H14FNO3S2. The Bertz CT molecular complexity index is 529. The summed E-state index contributed by atoms with van der Waals surface area (Å²) in [6.07, 6.45) is 0. The first-order valence-corrected chi connectivity index (χ1v) is 6.81. The number of rotatable bonds is 4. The van der Waals surface area contributed by atoms with Gasteiger partial charge in [-0.3, -0.25) is 0 Å². The van der Waals surface area contributed by atoms with Crippen LogP contribution in [0.3, 0.4) is 0 Å². The first-order chi connectivity index (χ1) is 7.80. The largest absolute Gasteiger partial charge is 0.488 e. The Labute approximate surface area is 106 Å². The average Bonchev–Trinajstić information content (AvgIpc) is 2.21. The first-order valence-electron chi connectivity index (χ1n) is 4.87. The molecule has 0 saturated heterocycles. The Morgan fingerprint density at radius 3 is 2.41 bits per heavy atom. The molecule has 96 valence electrons. The maximum atomic E-state index is 12.5. The van der Waals surface area contributed by atoms with E-state index in [1.165, 1.54) is 6.07 Å². The van der Waals surface area contributed by atoms with Crippen LogP contribution in [0, 0.1) is 13.8 Å². The number of hydrogen-bond donors (Lipinski definition) is 2. The van der Waals surface area contributed by atoms with Crippen LogP contribution in [0.1, 0.15) is 22.3 Å². The van der Waals surface area contributed by atoms with Gasteiger partial charge in [-0.05, 0) is 42.2 Å². The summed E-state index contributed by atoms with van der Waals surface area (Å²) in [4.78, 5) is 0. The highest BCUT2D eigenvalue weighted by atomic mass is 32.3. The van der Waals surface area contributed by atoms with E-state index in [0.717, 1.165) is 11.1 Å². The van der Waals surface area contributed by atoms with Crippen LogP contribution in [-0.4, -0.2) is 8.42 Å². The third-order valence-electron chi connectivity index (χ3n) is 2.63. The fourth-order valence-corrected chi connectivity index (χ4v) is 2.50. The standard InChI is InChI=1S/C10H14FNO3S2/c1-6-8(4-12)3-10(15-17(11,13)14)7(2)9(6)5-16/h3,16H,4-5,12H2,1-2H3. The molecule has 1 aromatic carbocycles. The van der Waals surface area contributed by atoms with Crippen molar-refractivity contribution in [2.75, 3.05) is 0 Å². The van der Waals surface area contributed by atoms with Gasteiger partial charge in [-0.2, -0.15) is 21.0 Å². The molecule has 0 aromatic heterocycles. The summed E-state index contributed by atoms with van der Waals surface area (Å²) in [5.41, 5.74) is 8.51. The van der Waals surface area contributed by atoms with Crippen molar-refractivity contribution in [1.29, 1.82) is 0 Å². The van der Waals surface area contributed by atoms with Gasteiger partial charge in [0, 0.05) is 12.3 Å². The minimum atomic E-state index is -5.03. The van der Waals surface area contributed by atoms with E-state index < -0.39 is 10.5 Å². The van der Waals surface area contributed by atoms with Crippen LogP contribution in [-0.2, 0) is 22.8 Å². The molecule has 0 amide bonds. The molecule has 2 N–H and O–H groups in total. The summed E-state index contributed by atoms with van der Waals surface area (Å²) < 4.78 is 37.8. The summed E-state index contributed by atoms with van der Waals surface area (Å²) >= 11 is 4.15. The zero-order chi connectivity index (χ0) is 13.2. The molecule has 7 heteroatoms. The SMILES string of the molecule is Cc1c(CN)cc(OS(=O)(=O)F)c(C)c1CS. The molecule has 0 saturated carbocycles. The van der Waals surface area contributed by atoms with Gasteiger partial charge in [0.15, 0.2) is 0 Å². The second kappa shape index (κ2) is 5.24. The molecule has 0 heterocycles. The molecular weight excluding hydrogens is 265 g/mol. The van der Waals surface area contributed by atoms with Crippen molar-refractivity contribution in [3.8, 4) is 5.75 Å². The van der Waals surface area contributed by atoms with Gasteiger partial charge in [0.2, 0.25) is 0 Å². The summed E-state index contributed by atoms with van der Waals surface area (Å²) in [5.74, 6) is 0.358. The third-order valence-corrected chi connectivity index (χ3v) is 3.32. The Morgan fingerprint density at radius 2 is 2.00 bits per heavy atom. The quantitative estimate of drug-likeness (QED) is 0.651. The van der Waals surface area contributed by atoms with Crippen LogP contribution in [0.5, 0.6) is 5.75 Å². The lowest BCUT2D eigenvalue weighted by Gasteiger charge is -2.15. The van der Waals surface area contributed by atoms with E-state index in [4.69, 9.17) is 5.73 Å². The van der Waals surface area contributed by atoms with Crippen LogP contribution in [0.4, 0.5) is 3.89 Å². The van der Waals surface area contributed by atoms with Gasteiger partial charge in [-0.25, -0.2) is 0 Å². The number of benzene rings is 1. The molecule has 0 fully saturated rings. The Morgan fingerprint density at radius 1 is 1.41 bits per heavy atom. The third kappa shape index (κ3) is 3.34. The maximum absolute atomic E-state index is 12.5. The van der Waals surface area contributed by atoms with Crippen LogP contribution >= 0.6 is 12.6 Å². The summed E-state index contributed by atoms with van der Waals surface area (Å²) in [6, 6.07) is 1.44. The lowest BCUT2D eigenvalue weighted by Crippen LogP contribution is -2.08. The lowest BCUT2D eigenvalue weighted by atomic mass is 9.98. The first kappa shape index (κ1) is 14.3. The van der Waals surface area contributed by atoms with Crippen molar-refractivity contribution in [2.24, 2.45) is 5.73 Å². The van der Waals surface area contributed by atoms with Crippen LogP contribution in [0.25, 0.3) is 0 Å². The van der Waals surface area contributed by atoms with E-state index in [0.29, 0.717) is 16.9 Å². The minimum absolute atomic E-state index is 0.0393. The van der Waals surface area contributed by atoms with Crippen LogP contribution in [0.2, 0.25) is 0 Å². The van der Waals surface area contributed by atoms with Crippen LogP contribution in [0.15, 0.2) is 6.07 Å². The number of thiol groups is 1. The second-order valence-electron chi connectivity index (χ2n) is 3.60. The highest BCUT2D eigenvalue weighted by molar-refractivity contribution is 7.81. The average molecular weight is 279 g/mol. The Hall–Kier alpha value is -0.790. The fraction of sp³-hybridized carbons (Fsp3) is 0.400. The van der Waals surface area contributed by atoms with Gasteiger partial charge in [0.25, 0.3) is 0 Å². The van der Waals surface area contributed by atoms with Crippen molar-refractivity contribution in [3.63, 3.8) is 0 Å². The normalized spacial score (nSPS) is 11.6. The summed E-state index contributed by atoms with van der Waals surface area (Å²) in [5, 5.41) is 0. The van der Waals surface area contributed by atoms with Crippen molar-refractivity contribution in [2.45, 2.75) is 26.1 Å². The van der Waals surface area contributed by atoms with Crippen molar-refractivity contribution < 1.29 is 16.5 Å². The molecule has 1 aromatic rings. The topological polar surface area (TPSA) is 69.4 Å². The summed E-state index contributed by atoms with van der Waals surface area (Å²) in [7, 11) is -5.03. The van der Waals surface area contributed by atoms with Gasteiger partial charge in [0.05, 0.1) is 0 Å². The van der Waals surface area contributed by atoms with Crippen molar-refractivity contribution in [1.82, 2.24) is 0 Å². The fourth-order valence-electron chi connectivity index (χ4n) is 1.64. The van der Waals surface area contributed by atoms with E-state index in [1.54, 1.807) is 6.92 Å². The van der Waals surface area contributed by atoms with Gasteiger partial charge < -0.3 is 9.92 Å². The second-order valence-corrected chi connectivity index (χ2v) is 4.87. The number of hydrogen-bond acceptors (Lipinski definition) is 5. The monoisotopic (exact) mass is 279 g/mol. The van der Waals surface area contributed by atoms with E-state index in [-0.39, 0.29) is 12.3 Å². The van der Waals surface area contributed by atoms with Crippen molar-refractivity contribution in [3.05, 3.63) is 28.3 Å². The van der Waals surface area contributed by atoms with E-state index >= 15 is 0 Å². The molecule has 4 nitrogen and oxygen atoms in total. The minimum Gasteiger partial charge on any atom is -0.358 e. The van der Waals surface area contributed by atoms with E-state index in [1.807, 2.05) is 6.92 Å². The van der Waals surface area contributed by atoms with Gasteiger partial charge in [0.1, 0.15) is 5.75 Å². The van der Waals surface area contributed by atoms with Gasteiger partial charge in [-0.1, -0.05) is 3.89 Å². The maximum Gasteiger partial charge on any atom is 0.488 e. The predicted molar refractivity (Wildman–Crippen MR) is 67.2 cm³/mol. The zero-order valence-electron chi connectivity index (χ0n) is 9.53. The molecule has 1 rings (SSSR count). The number of nitrogens with two attached hydrogens (primary N) is 1. The van der Waals surface area contributed by atoms with Gasteiger partial charge in [-0.15, -0.1) is 0 Å². The van der Waals surface area contributed by atoms with Gasteiger partial charge >= 0.3 is 10.5 Å². The summed E-state index contributed by atoms with van der Waals surface area (Å²) in [6.45, 7) is 3.73. The van der Waals surface area contributed by atoms with E-state index in [2.05, 4.69) is 16.8 Å². The molecule has 0 bridgehead atoms. The lowest BCUT2D eigenvalue weighted by molar-refractivity contribution is 0.438. The molecule has 0 aliphatic rings. The highest BCUT2D eigenvalue weighted by Crippen LogP contribution is 2.30. The Kier molecular flexibility index (Phi) is 4.40. The Balaban J connectivity index is 3.41. The molecule has 0 aliphatic heterocycles.